The average Bonchev–Trinajstić information content (AvgIpc) is 2.61. The van der Waals surface area contributed by atoms with Crippen LogP contribution in [0.5, 0.6) is 0 Å². The Kier molecular flexibility index (Phi) is 5.36. The quantitative estimate of drug-likeness (QED) is 0.494. The highest BCUT2D eigenvalue weighted by molar-refractivity contribution is 5.95. The summed E-state index contributed by atoms with van der Waals surface area (Å²) >= 11 is 0. The van der Waals surface area contributed by atoms with Gasteiger partial charge in [0.2, 0.25) is 0 Å². The maximum atomic E-state index is 3.81. The minimum absolute atomic E-state index is 0.476. The van der Waals surface area contributed by atoms with Crippen LogP contribution < -0.4 is 5.32 Å². The van der Waals surface area contributed by atoms with E-state index < -0.39 is 0 Å². The first-order valence-electron chi connectivity index (χ1n) is 9.81. The van der Waals surface area contributed by atoms with Crippen LogP contribution >= 0.6 is 0 Å². The van der Waals surface area contributed by atoms with E-state index in [4.69, 9.17) is 0 Å². The van der Waals surface area contributed by atoms with E-state index in [0.717, 1.165) is 0 Å². The minimum Gasteiger partial charge on any atom is -0.355 e. The molecule has 0 aliphatic carbocycles. The summed E-state index contributed by atoms with van der Waals surface area (Å²) in [6.45, 7) is 13.7. The van der Waals surface area contributed by atoms with E-state index in [0.29, 0.717) is 17.8 Å². The van der Waals surface area contributed by atoms with Crippen molar-refractivity contribution in [2.45, 2.75) is 59.3 Å². The number of hydrogen-bond acceptors (Lipinski definition) is 1. The summed E-state index contributed by atoms with van der Waals surface area (Å²) in [5.74, 6) is 1.49. The zero-order valence-corrected chi connectivity index (χ0v) is 16.9. The van der Waals surface area contributed by atoms with Crippen LogP contribution in [0.3, 0.4) is 0 Å². The number of rotatable bonds is 5. The Balaban J connectivity index is 2.19. The Morgan fingerprint density at radius 2 is 1.23 bits per heavy atom. The summed E-state index contributed by atoms with van der Waals surface area (Å²) in [6.07, 6.45) is 0. The summed E-state index contributed by atoms with van der Waals surface area (Å²) in [4.78, 5) is 0. The van der Waals surface area contributed by atoms with Crippen LogP contribution in [0.1, 0.15) is 76.0 Å². The second-order valence-corrected chi connectivity index (χ2v) is 8.19. The molecule has 26 heavy (non-hydrogen) atoms. The van der Waals surface area contributed by atoms with Gasteiger partial charge in [-0.1, -0.05) is 90.1 Å². The first-order valence-corrected chi connectivity index (χ1v) is 9.81. The van der Waals surface area contributed by atoms with E-state index in [1.54, 1.807) is 0 Å². The van der Waals surface area contributed by atoms with Gasteiger partial charge >= 0.3 is 0 Å². The van der Waals surface area contributed by atoms with Crippen LogP contribution in [0.4, 0.5) is 11.4 Å². The van der Waals surface area contributed by atoms with Gasteiger partial charge in [0.1, 0.15) is 0 Å². The molecule has 0 saturated carbocycles. The molecule has 3 rings (SSSR count). The number of hydrogen-bond donors (Lipinski definition) is 1. The Morgan fingerprint density at radius 1 is 0.654 bits per heavy atom. The van der Waals surface area contributed by atoms with Crippen molar-refractivity contribution in [3.8, 4) is 0 Å². The third-order valence-corrected chi connectivity index (χ3v) is 5.18. The summed E-state index contributed by atoms with van der Waals surface area (Å²) in [5.41, 5.74) is 6.72. The van der Waals surface area contributed by atoms with Crippen LogP contribution in [0.2, 0.25) is 0 Å². The van der Waals surface area contributed by atoms with Gasteiger partial charge in [-0.25, -0.2) is 0 Å². The summed E-state index contributed by atoms with van der Waals surface area (Å²) in [5, 5.41) is 6.36. The molecule has 0 amide bonds. The van der Waals surface area contributed by atoms with Crippen molar-refractivity contribution in [2.75, 3.05) is 5.32 Å². The molecule has 0 heterocycles. The highest BCUT2D eigenvalue weighted by atomic mass is 14.9. The molecule has 3 aromatic rings. The van der Waals surface area contributed by atoms with Gasteiger partial charge in [0.25, 0.3) is 0 Å². The van der Waals surface area contributed by atoms with Crippen LogP contribution in [0.25, 0.3) is 10.8 Å². The molecule has 0 unspecified atom stereocenters. The van der Waals surface area contributed by atoms with E-state index in [1.807, 2.05) is 0 Å². The molecule has 0 saturated heterocycles. The van der Waals surface area contributed by atoms with E-state index in [9.17, 15) is 0 Å². The fraction of sp³-hybridized carbons (Fsp3) is 0.360. The number of nitrogens with one attached hydrogen (secondary N) is 1. The highest BCUT2D eigenvalue weighted by Gasteiger charge is 2.18. The largest absolute Gasteiger partial charge is 0.355 e. The van der Waals surface area contributed by atoms with Crippen molar-refractivity contribution < 1.29 is 0 Å². The molecule has 0 radical (unpaired) electrons. The van der Waals surface area contributed by atoms with Gasteiger partial charge in [-0.05, 0) is 45.9 Å². The second kappa shape index (κ2) is 7.53. The topological polar surface area (TPSA) is 12.0 Å². The fourth-order valence-electron chi connectivity index (χ4n) is 3.57. The standard InChI is InChI=1S/C25H31N/c1-16(2)20-14-22(17(3)4)25(23(15-20)18(5)6)26-24-13-9-11-19-10-7-8-12-21(19)24/h7-18,26H,1-6H3. The van der Waals surface area contributed by atoms with Crippen LogP contribution in [0.15, 0.2) is 54.6 Å². The molecule has 3 aromatic carbocycles. The third-order valence-electron chi connectivity index (χ3n) is 5.18. The highest BCUT2D eigenvalue weighted by Crippen LogP contribution is 2.38. The van der Waals surface area contributed by atoms with E-state index >= 15 is 0 Å². The maximum absolute atomic E-state index is 3.81. The van der Waals surface area contributed by atoms with E-state index in [-0.39, 0.29) is 0 Å². The molecule has 0 atom stereocenters. The molecule has 1 N–H and O–H groups in total. The molecule has 0 aliphatic heterocycles. The number of benzene rings is 3. The van der Waals surface area contributed by atoms with Gasteiger partial charge in [-0.3, -0.25) is 0 Å². The SMILES string of the molecule is CC(C)c1cc(C(C)C)c(Nc2cccc3ccccc23)c(C(C)C)c1. The van der Waals surface area contributed by atoms with Crippen molar-refractivity contribution in [2.24, 2.45) is 0 Å². The third kappa shape index (κ3) is 3.62. The monoisotopic (exact) mass is 345 g/mol. The van der Waals surface area contributed by atoms with Crippen molar-refractivity contribution in [1.29, 1.82) is 0 Å². The lowest BCUT2D eigenvalue weighted by Gasteiger charge is -2.24. The second-order valence-electron chi connectivity index (χ2n) is 8.19. The zero-order chi connectivity index (χ0) is 18.8. The molecule has 0 bridgehead atoms. The lowest BCUT2D eigenvalue weighted by molar-refractivity contribution is 0.808. The summed E-state index contributed by atoms with van der Waals surface area (Å²) in [7, 11) is 0. The van der Waals surface area contributed by atoms with Gasteiger partial charge in [0.05, 0.1) is 0 Å². The average molecular weight is 346 g/mol. The van der Waals surface area contributed by atoms with Crippen LogP contribution in [0, 0.1) is 0 Å². The van der Waals surface area contributed by atoms with Crippen LogP contribution in [-0.2, 0) is 0 Å². The molecular weight excluding hydrogens is 314 g/mol. The van der Waals surface area contributed by atoms with Gasteiger partial charge in [0.15, 0.2) is 0 Å². The minimum atomic E-state index is 0.476. The van der Waals surface area contributed by atoms with Crippen LogP contribution in [-0.4, -0.2) is 0 Å². The lowest BCUT2D eigenvalue weighted by atomic mass is 9.87. The molecule has 0 aliphatic rings. The fourth-order valence-corrected chi connectivity index (χ4v) is 3.57. The number of fused-ring (bicyclic) bond motifs is 1. The Hall–Kier alpha value is -2.28. The van der Waals surface area contributed by atoms with E-state index in [2.05, 4.69) is 101 Å². The van der Waals surface area contributed by atoms with Crippen molar-refractivity contribution in [3.05, 3.63) is 71.3 Å². The zero-order valence-electron chi connectivity index (χ0n) is 16.9. The first-order chi connectivity index (χ1) is 12.4. The van der Waals surface area contributed by atoms with Crippen molar-refractivity contribution >= 4 is 22.1 Å². The van der Waals surface area contributed by atoms with Crippen molar-refractivity contribution in [3.63, 3.8) is 0 Å². The molecule has 1 heteroatoms. The van der Waals surface area contributed by atoms with Crippen molar-refractivity contribution in [1.82, 2.24) is 0 Å². The molecule has 0 fully saturated rings. The summed E-state index contributed by atoms with van der Waals surface area (Å²) in [6, 6.07) is 19.9. The Labute approximate surface area is 158 Å². The number of anilines is 2. The molecule has 136 valence electrons. The predicted molar refractivity (Wildman–Crippen MR) is 116 cm³/mol. The normalized spacial score (nSPS) is 11.7. The van der Waals surface area contributed by atoms with Gasteiger partial charge in [-0.15, -0.1) is 0 Å². The smallest absolute Gasteiger partial charge is 0.0464 e. The molecule has 0 spiro atoms. The maximum Gasteiger partial charge on any atom is 0.0464 e. The predicted octanol–water partition coefficient (Wildman–Crippen LogP) is 7.95. The summed E-state index contributed by atoms with van der Waals surface area (Å²) < 4.78 is 0. The first kappa shape index (κ1) is 18.5. The lowest BCUT2D eigenvalue weighted by Crippen LogP contribution is -2.06. The van der Waals surface area contributed by atoms with E-state index in [1.165, 1.54) is 38.8 Å². The molecular formula is C25H31N. The molecule has 1 nitrogen and oxygen atoms in total. The van der Waals surface area contributed by atoms with Gasteiger partial charge in [0, 0.05) is 16.8 Å². The Morgan fingerprint density at radius 3 is 1.81 bits per heavy atom. The Bertz CT molecular complexity index is 869. The molecule has 0 aromatic heterocycles. The van der Waals surface area contributed by atoms with Gasteiger partial charge in [-0.2, -0.15) is 0 Å². The van der Waals surface area contributed by atoms with Gasteiger partial charge < -0.3 is 5.32 Å².